The summed E-state index contributed by atoms with van der Waals surface area (Å²) in [4.78, 5) is 18.9. The third-order valence-corrected chi connectivity index (χ3v) is 5.43. The number of nitriles is 1. The van der Waals surface area contributed by atoms with Gasteiger partial charge in [0.15, 0.2) is 6.61 Å². The van der Waals surface area contributed by atoms with E-state index in [1.807, 2.05) is 35.2 Å². The quantitative estimate of drug-likeness (QED) is 0.836. The summed E-state index contributed by atoms with van der Waals surface area (Å²) in [6.07, 6.45) is 6.04. The van der Waals surface area contributed by atoms with E-state index in [0.717, 1.165) is 74.0 Å². The van der Waals surface area contributed by atoms with Crippen LogP contribution in [0.5, 0.6) is 5.88 Å². The van der Waals surface area contributed by atoms with E-state index in [-0.39, 0.29) is 12.5 Å². The molecular weight excluding hydrogens is 338 g/mol. The largest absolute Gasteiger partial charge is 0.467 e. The van der Waals surface area contributed by atoms with Crippen LogP contribution in [0, 0.1) is 11.3 Å². The predicted molar refractivity (Wildman–Crippen MR) is 102 cm³/mol. The summed E-state index contributed by atoms with van der Waals surface area (Å²) in [6.45, 7) is 1.52. The van der Waals surface area contributed by atoms with E-state index in [1.54, 1.807) is 0 Å². The second kappa shape index (κ2) is 7.79. The second-order valence-corrected chi connectivity index (χ2v) is 7.16. The highest BCUT2D eigenvalue weighted by Gasteiger charge is 2.25. The first-order valence-electron chi connectivity index (χ1n) is 9.70. The summed E-state index contributed by atoms with van der Waals surface area (Å²) in [5, 5.41) is 9.75. The van der Waals surface area contributed by atoms with Gasteiger partial charge in [0.2, 0.25) is 5.88 Å². The van der Waals surface area contributed by atoms with Crippen LogP contribution in [0.25, 0.3) is 11.3 Å². The van der Waals surface area contributed by atoms with Crippen LogP contribution in [0.4, 0.5) is 0 Å². The van der Waals surface area contributed by atoms with Crippen molar-refractivity contribution < 1.29 is 9.53 Å². The summed E-state index contributed by atoms with van der Waals surface area (Å²) in [5.74, 6) is 0.265. The van der Waals surface area contributed by atoms with Crippen molar-refractivity contribution in [1.82, 2.24) is 9.88 Å². The molecule has 4 rings (SSSR count). The first-order valence-corrected chi connectivity index (χ1v) is 9.70. The van der Waals surface area contributed by atoms with E-state index in [1.165, 1.54) is 0 Å². The van der Waals surface area contributed by atoms with Gasteiger partial charge in [-0.2, -0.15) is 5.26 Å². The van der Waals surface area contributed by atoms with Crippen LogP contribution in [0.3, 0.4) is 0 Å². The number of hydrogen-bond donors (Lipinski definition) is 0. The van der Waals surface area contributed by atoms with Gasteiger partial charge >= 0.3 is 0 Å². The fourth-order valence-corrected chi connectivity index (χ4v) is 4.04. The minimum atomic E-state index is -0.0608. The molecule has 1 aliphatic heterocycles. The molecule has 0 saturated carbocycles. The predicted octanol–water partition coefficient (Wildman–Crippen LogP) is 3.50. The normalized spacial score (nSPS) is 15.9. The van der Waals surface area contributed by atoms with Crippen LogP contribution in [-0.2, 0) is 17.6 Å². The topological polar surface area (TPSA) is 66.2 Å². The monoisotopic (exact) mass is 361 g/mol. The Morgan fingerprint density at radius 3 is 2.48 bits per heavy atom. The molecule has 27 heavy (non-hydrogen) atoms. The molecule has 2 heterocycles. The van der Waals surface area contributed by atoms with Crippen molar-refractivity contribution in [3.63, 3.8) is 0 Å². The zero-order chi connectivity index (χ0) is 18.6. The summed E-state index contributed by atoms with van der Waals surface area (Å²) < 4.78 is 5.81. The molecule has 2 aromatic rings. The van der Waals surface area contributed by atoms with E-state index in [2.05, 4.69) is 6.07 Å². The van der Waals surface area contributed by atoms with Crippen molar-refractivity contribution in [3.05, 3.63) is 47.0 Å². The number of carbonyl (C=O) groups excluding carboxylic acids is 1. The van der Waals surface area contributed by atoms with Crippen LogP contribution in [-0.4, -0.2) is 35.5 Å². The summed E-state index contributed by atoms with van der Waals surface area (Å²) in [5.41, 5.74) is 4.60. The van der Waals surface area contributed by atoms with Gasteiger partial charge in [-0.1, -0.05) is 30.3 Å². The van der Waals surface area contributed by atoms with Crippen LogP contribution in [0.2, 0.25) is 0 Å². The van der Waals surface area contributed by atoms with Crippen LogP contribution in [0.1, 0.15) is 42.4 Å². The molecular formula is C22H23N3O2. The Balaban J connectivity index is 1.70. The molecule has 0 unspecified atom stereocenters. The van der Waals surface area contributed by atoms with Gasteiger partial charge in [-0.3, -0.25) is 4.79 Å². The smallest absolute Gasteiger partial charge is 0.260 e. The molecule has 1 aromatic heterocycles. The van der Waals surface area contributed by atoms with E-state index in [9.17, 15) is 10.1 Å². The lowest BCUT2D eigenvalue weighted by atomic mass is 9.86. The molecule has 0 spiro atoms. The van der Waals surface area contributed by atoms with Crippen molar-refractivity contribution >= 4 is 5.91 Å². The fraction of sp³-hybridized carbons (Fsp3) is 0.409. The van der Waals surface area contributed by atoms with Crippen molar-refractivity contribution in [2.45, 2.75) is 38.5 Å². The molecule has 1 aromatic carbocycles. The van der Waals surface area contributed by atoms with Gasteiger partial charge in [0.1, 0.15) is 11.6 Å². The number of amides is 1. The van der Waals surface area contributed by atoms with E-state index in [0.29, 0.717) is 11.4 Å². The molecule has 1 aliphatic carbocycles. The molecule has 5 heteroatoms. The van der Waals surface area contributed by atoms with Gasteiger partial charge in [-0.05, 0) is 49.7 Å². The Morgan fingerprint density at radius 2 is 1.78 bits per heavy atom. The molecule has 1 fully saturated rings. The molecule has 2 aliphatic rings. The Morgan fingerprint density at radius 1 is 1.07 bits per heavy atom. The third kappa shape index (κ3) is 3.52. The first kappa shape index (κ1) is 17.5. The molecule has 0 bridgehead atoms. The average molecular weight is 361 g/mol. The number of pyridine rings is 1. The molecule has 5 nitrogen and oxygen atoms in total. The number of carbonyl (C=O) groups is 1. The number of aromatic nitrogens is 1. The number of nitrogens with zero attached hydrogens (tertiary/aromatic N) is 3. The van der Waals surface area contributed by atoms with Gasteiger partial charge in [0.05, 0.1) is 5.69 Å². The van der Waals surface area contributed by atoms with E-state index in [4.69, 9.17) is 9.72 Å². The van der Waals surface area contributed by atoms with Crippen molar-refractivity contribution in [2.75, 3.05) is 19.7 Å². The molecule has 1 amide bonds. The molecule has 138 valence electrons. The zero-order valence-electron chi connectivity index (χ0n) is 15.4. The maximum Gasteiger partial charge on any atom is 0.260 e. The van der Waals surface area contributed by atoms with Crippen LogP contribution in [0.15, 0.2) is 30.3 Å². The number of benzene rings is 1. The van der Waals surface area contributed by atoms with Gasteiger partial charge < -0.3 is 9.64 Å². The fourth-order valence-electron chi connectivity index (χ4n) is 4.04. The number of likely N-dealkylation sites (tertiary alicyclic amines) is 1. The number of fused-ring (bicyclic) bond motifs is 1. The zero-order valence-corrected chi connectivity index (χ0v) is 15.4. The Bertz CT molecular complexity index is 881. The van der Waals surface area contributed by atoms with Gasteiger partial charge in [0.25, 0.3) is 5.91 Å². The maximum absolute atomic E-state index is 12.4. The minimum Gasteiger partial charge on any atom is -0.467 e. The van der Waals surface area contributed by atoms with Gasteiger partial charge in [0, 0.05) is 18.7 Å². The van der Waals surface area contributed by atoms with Crippen molar-refractivity contribution in [1.29, 1.82) is 5.26 Å². The Kier molecular flexibility index (Phi) is 5.06. The molecule has 0 N–H and O–H groups in total. The number of ether oxygens (including phenoxy) is 1. The van der Waals surface area contributed by atoms with Crippen LogP contribution < -0.4 is 4.74 Å². The summed E-state index contributed by atoms with van der Waals surface area (Å²) in [7, 11) is 0. The molecule has 0 atom stereocenters. The van der Waals surface area contributed by atoms with Gasteiger partial charge in [-0.15, -0.1) is 0 Å². The van der Waals surface area contributed by atoms with E-state index >= 15 is 0 Å². The van der Waals surface area contributed by atoms with Crippen molar-refractivity contribution in [2.24, 2.45) is 0 Å². The molecule has 1 saturated heterocycles. The van der Waals surface area contributed by atoms with Crippen molar-refractivity contribution in [3.8, 4) is 23.2 Å². The highest BCUT2D eigenvalue weighted by atomic mass is 16.5. The minimum absolute atomic E-state index is 0.0304. The standard InChI is InChI=1S/C22H23N3O2/c23-14-19-17-10-4-5-11-18(17)21(16-8-2-1-3-9-16)24-22(19)27-15-20(26)25-12-6-7-13-25/h1-3,8-9H,4-7,10-13,15H2. The van der Waals surface area contributed by atoms with E-state index < -0.39 is 0 Å². The lowest BCUT2D eigenvalue weighted by Gasteiger charge is -2.22. The highest BCUT2D eigenvalue weighted by Crippen LogP contribution is 2.36. The highest BCUT2D eigenvalue weighted by molar-refractivity contribution is 5.78. The Labute approximate surface area is 159 Å². The SMILES string of the molecule is N#Cc1c(OCC(=O)N2CCCC2)nc(-c2ccccc2)c2c1CCCC2. The van der Waals surface area contributed by atoms with Gasteiger partial charge in [-0.25, -0.2) is 4.98 Å². The second-order valence-electron chi connectivity index (χ2n) is 7.16. The van der Waals surface area contributed by atoms with Crippen LogP contribution >= 0.6 is 0 Å². The Hall–Kier alpha value is -2.87. The molecule has 0 radical (unpaired) electrons. The number of rotatable bonds is 4. The lowest BCUT2D eigenvalue weighted by molar-refractivity contribution is -0.132. The first-order chi connectivity index (χ1) is 13.3. The third-order valence-electron chi connectivity index (χ3n) is 5.43. The number of hydrogen-bond acceptors (Lipinski definition) is 4. The maximum atomic E-state index is 12.4. The lowest BCUT2D eigenvalue weighted by Crippen LogP contribution is -2.32. The summed E-state index contributed by atoms with van der Waals surface area (Å²) >= 11 is 0. The summed E-state index contributed by atoms with van der Waals surface area (Å²) in [6, 6.07) is 12.3. The average Bonchev–Trinajstić information content (AvgIpc) is 3.27.